The van der Waals surface area contributed by atoms with Crippen molar-refractivity contribution in [2.75, 3.05) is 26.2 Å². The van der Waals surface area contributed by atoms with Crippen molar-refractivity contribution in [3.05, 3.63) is 18.2 Å². The lowest BCUT2D eigenvalue weighted by molar-refractivity contribution is 0.0544. The Hall–Kier alpha value is -1.36. The maximum atomic E-state index is 12.7. The van der Waals surface area contributed by atoms with Gasteiger partial charge < -0.3 is 14.4 Å². The Kier molecular flexibility index (Phi) is 4.05. The Labute approximate surface area is 120 Å². The molecule has 0 radical (unpaired) electrons. The maximum Gasteiger partial charge on any atom is 0.290 e. The van der Waals surface area contributed by atoms with Gasteiger partial charge in [0.15, 0.2) is 5.82 Å². The van der Waals surface area contributed by atoms with Crippen LogP contribution in [0.4, 0.5) is 0 Å². The third kappa shape index (κ3) is 2.73. The Morgan fingerprint density at radius 3 is 2.70 bits per heavy atom. The number of rotatable bonds is 3. The number of hydrogen-bond donors (Lipinski definition) is 0. The predicted molar refractivity (Wildman–Crippen MR) is 77.6 cm³/mol. The topological polar surface area (TPSA) is 41.4 Å². The van der Waals surface area contributed by atoms with Crippen LogP contribution in [0.2, 0.25) is 0 Å². The van der Waals surface area contributed by atoms with Gasteiger partial charge in [-0.25, -0.2) is 4.98 Å². The van der Waals surface area contributed by atoms with Gasteiger partial charge >= 0.3 is 0 Å². The second-order valence-electron chi connectivity index (χ2n) is 6.02. The molecular weight excluding hydrogens is 252 g/mol. The largest absolute Gasteiger partial charge is 0.332 e. The van der Waals surface area contributed by atoms with E-state index in [1.807, 2.05) is 17.8 Å². The summed E-state index contributed by atoms with van der Waals surface area (Å²) in [5, 5.41) is 0. The summed E-state index contributed by atoms with van der Waals surface area (Å²) in [5.41, 5.74) is 0. The van der Waals surface area contributed by atoms with Gasteiger partial charge in [-0.1, -0.05) is 0 Å². The van der Waals surface area contributed by atoms with Gasteiger partial charge in [-0.05, 0) is 45.2 Å². The van der Waals surface area contributed by atoms with E-state index in [2.05, 4.69) is 14.8 Å². The first-order valence-electron chi connectivity index (χ1n) is 7.76. The van der Waals surface area contributed by atoms with E-state index < -0.39 is 0 Å². The molecule has 1 amide bonds. The van der Waals surface area contributed by atoms with Crippen LogP contribution in [-0.2, 0) is 7.05 Å². The van der Waals surface area contributed by atoms with Gasteiger partial charge in [-0.3, -0.25) is 4.79 Å². The summed E-state index contributed by atoms with van der Waals surface area (Å²) in [6.07, 6.45) is 9.64. The number of hydrogen-bond acceptors (Lipinski definition) is 3. The minimum absolute atomic E-state index is 0.0985. The number of piperidine rings is 1. The average molecular weight is 276 g/mol. The zero-order chi connectivity index (χ0) is 13.9. The molecule has 0 saturated carbocycles. The monoisotopic (exact) mass is 276 g/mol. The molecule has 1 unspecified atom stereocenters. The minimum Gasteiger partial charge on any atom is -0.332 e. The quantitative estimate of drug-likeness (QED) is 0.840. The highest BCUT2D eigenvalue weighted by molar-refractivity contribution is 5.91. The summed E-state index contributed by atoms with van der Waals surface area (Å²) in [4.78, 5) is 21.5. The lowest BCUT2D eigenvalue weighted by Crippen LogP contribution is -2.49. The fraction of sp³-hybridized carbons (Fsp3) is 0.733. The van der Waals surface area contributed by atoms with E-state index in [0.717, 1.165) is 25.9 Å². The van der Waals surface area contributed by atoms with E-state index in [1.54, 1.807) is 6.20 Å². The summed E-state index contributed by atoms with van der Waals surface area (Å²) < 4.78 is 1.82. The van der Waals surface area contributed by atoms with Gasteiger partial charge in [0, 0.05) is 38.6 Å². The fourth-order valence-corrected chi connectivity index (χ4v) is 3.42. The molecule has 5 heteroatoms. The molecule has 5 nitrogen and oxygen atoms in total. The molecule has 1 aromatic rings. The third-order valence-electron chi connectivity index (χ3n) is 4.57. The fourth-order valence-electron chi connectivity index (χ4n) is 3.42. The maximum absolute atomic E-state index is 12.7. The van der Waals surface area contributed by atoms with Crippen LogP contribution >= 0.6 is 0 Å². The second kappa shape index (κ2) is 5.95. The van der Waals surface area contributed by atoms with Crippen molar-refractivity contribution < 1.29 is 4.79 Å². The number of amides is 1. The van der Waals surface area contributed by atoms with Gasteiger partial charge in [0.25, 0.3) is 5.91 Å². The van der Waals surface area contributed by atoms with E-state index in [-0.39, 0.29) is 5.91 Å². The van der Waals surface area contributed by atoms with Gasteiger partial charge in [0.1, 0.15) is 0 Å². The number of carbonyl (C=O) groups is 1. The number of carbonyl (C=O) groups excluding carboxylic acids is 1. The lowest BCUT2D eigenvalue weighted by Gasteiger charge is -2.37. The van der Waals surface area contributed by atoms with Crippen LogP contribution in [0.3, 0.4) is 0 Å². The molecule has 0 aliphatic carbocycles. The average Bonchev–Trinajstić information content (AvgIpc) is 3.10. The van der Waals surface area contributed by atoms with Gasteiger partial charge in [-0.2, -0.15) is 0 Å². The molecule has 1 atom stereocenters. The normalized spacial score (nSPS) is 24.2. The molecule has 2 fully saturated rings. The molecule has 20 heavy (non-hydrogen) atoms. The molecule has 2 aliphatic heterocycles. The van der Waals surface area contributed by atoms with Crippen molar-refractivity contribution >= 4 is 5.91 Å². The minimum atomic E-state index is 0.0985. The zero-order valence-corrected chi connectivity index (χ0v) is 12.3. The summed E-state index contributed by atoms with van der Waals surface area (Å²) >= 11 is 0. The molecule has 0 bridgehead atoms. The summed E-state index contributed by atoms with van der Waals surface area (Å²) in [6.45, 7) is 4.31. The number of aryl methyl sites for hydroxylation is 1. The zero-order valence-electron chi connectivity index (χ0n) is 12.3. The molecule has 2 saturated heterocycles. The molecule has 2 aliphatic rings. The number of nitrogens with zero attached hydrogens (tertiary/aromatic N) is 4. The van der Waals surface area contributed by atoms with Crippen LogP contribution in [0.25, 0.3) is 0 Å². The van der Waals surface area contributed by atoms with Crippen molar-refractivity contribution in [3.8, 4) is 0 Å². The Balaban J connectivity index is 1.71. The highest BCUT2D eigenvalue weighted by Gasteiger charge is 2.31. The number of aromatic nitrogens is 2. The van der Waals surface area contributed by atoms with E-state index in [4.69, 9.17) is 0 Å². The molecule has 0 spiro atoms. The van der Waals surface area contributed by atoms with Crippen LogP contribution in [-0.4, -0.2) is 57.5 Å². The van der Waals surface area contributed by atoms with Crippen molar-refractivity contribution in [2.24, 2.45) is 7.05 Å². The SMILES string of the molecule is Cn1ccnc1C(=O)N1CCCCC1CN1CCCC1. The Morgan fingerprint density at radius 2 is 2.00 bits per heavy atom. The smallest absolute Gasteiger partial charge is 0.290 e. The lowest BCUT2D eigenvalue weighted by atomic mass is 10.0. The van der Waals surface area contributed by atoms with Crippen molar-refractivity contribution in [1.82, 2.24) is 19.4 Å². The molecular formula is C15H24N4O. The van der Waals surface area contributed by atoms with Gasteiger partial charge in [0.2, 0.25) is 0 Å². The highest BCUT2D eigenvalue weighted by Crippen LogP contribution is 2.21. The Bertz CT molecular complexity index is 464. The molecule has 3 rings (SSSR count). The molecule has 0 N–H and O–H groups in total. The first kappa shape index (κ1) is 13.6. The number of likely N-dealkylation sites (tertiary alicyclic amines) is 2. The van der Waals surface area contributed by atoms with Crippen LogP contribution < -0.4 is 0 Å². The summed E-state index contributed by atoms with van der Waals surface area (Å²) in [6, 6.07) is 0.367. The molecule has 0 aromatic carbocycles. The van der Waals surface area contributed by atoms with Crippen molar-refractivity contribution in [1.29, 1.82) is 0 Å². The van der Waals surface area contributed by atoms with Crippen LogP contribution in [0.5, 0.6) is 0 Å². The van der Waals surface area contributed by atoms with E-state index in [0.29, 0.717) is 11.9 Å². The highest BCUT2D eigenvalue weighted by atomic mass is 16.2. The third-order valence-corrected chi connectivity index (χ3v) is 4.57. The molecule has 3 heterocycles. The standard InChI is InChI=1S/C15H24N4O/c1-17-11-7-16-14(17)15(20)19-10-3-2-6-13(19)12-18-8-4-5-9-18/h7,11,13H,2-6,8-10,12H2,1H3. The molecule has 110 valence electrons. The van der Waals surface area contributed by atoms with Crippen molar-refractivity contribution in [2.45, 2.75) is 38.1 Å². The molecule has 1 aromatic heterocycles. The van der Waals surface area contributed by atoms with Crippen LogP contribution in [0.15, 0.2) is 12.4 Å². The van der Waals surface area contributed by atoms with Crippen LogP contribution in [0.1, 0.15) is 42.7 Å². The van der Waals surface area contributed by atoms with Gasteiger partial charge in [0.05, 0.1) is 0 Å². The predicted octanol–water partition coefficient (Wildman–Crippen LogP) is 1.51. The van der Waals surface area contributed by atoms with E-state index in [1.165, 1.54) is 32.4 Å². The van der Waals surface area contributed by atoms with E-state index in [9.17, 15) is 4.79 Å². The summed E-state index contributed by atoms with van der Waals surface area (Å²) in [5.74, 6) is 0.666. The van der Waals surface area contributed by atoms with Crippen LogP contribution in [0, 0.1) is 0 Å². The van der Waals surface area contributed by atoms with E-state index >= 15 is 0 Å². The van der Waals surface area contributed by atoms with Crippen molar-refractivity contribution in [3.63, 3.8) is 0 Å². The number of imidazole rings is 1. The second-order valence-corrected chi connectivity index (χ2v) is 6.02. The summed E-state index contributed by atoms with van der Waals surface area (Å²) in [7, 11) is 1.89. The van der Waals surface area contributed by atoms with Gasteiger partial charge in [-0.15, -0.1) is 0 Å². The first-order chi connectivity index (χ1) is 9.75. The first-order valence-corrected chi connectivity index (χ1v) is 7.76. The Morgan fingerprint density at radius 1 is 1.25 bits per heavy atom.